The highest BCUT2D eigenvalue weighted by Gasteiger charge is 2.32. The first kappa shape index (κ1) is 26.0. The molecule has 0 saturated heterocycles. The Morgan fingerprint density at radius 2 is 1.59 bits per heavy atom. The molecule has 0 spiro atoms. The van der Waals surface area contributed by atoms with E-state index < -0.39 is 6.04 Å². The number of rotatable bonds is 10. The molecule has 0 bridgehead atoms. The molecule has 180 valence electrons. The summed E-state index contributed by atoms with van der Waals surface area (Å²) in [5.74, 6) is 0.302. The number of fused-ring (bicyclic) bond motifs is 1. The predicted octanol–water partition coefficient (Wildman–Crippen LogP) is 7.96. The minimum Gasteiger partial charge on any atom is -0.342 e. The Hall–Kier alpha value is -2.65. The number of carbonyl (C=O) groups excluding carboxylic acids is 2. The number of halogens is 1. The number of nitrogens with one attached hydrogen (secondary N) is 1. The predicted molar refractivity (Wildman–Crippen MR) is 143 cm³/mol. The zero-order chi connectivity index (χ0) is 24.7. The van der Waals surface area contributed by atoms with Crippen LogP contribution in [0, 0.1) is 5.41 Å². The van der Waals surface area contributed by atoms with Crippen LogP contribution in [0.15, 0.2) is 66.7 Å². The second kappa shape index (κ2) is 11.7. The molecule has 0 fully saturated rings. The van der Waals surface area contributed by atoms with Crippen LogP contribution in [0.4, 0.5) is 0 Å². The summed E-state index contributed by atoms with van der Waals surface area (Å²) in [5.41, 5.74) is 1.50. The summed E-state index contributed by atoms with van der Waals surface area (Å²) < 4.78 is 0. The summed E-state index contributed by atoms with van der Waals surface area (Å²) in [6.45, 7) is 8.21. The highest BCUT2D eigenvalue weighted by atomic mass is 35.5. The van der Waals surface area contributed by atoms with Crippen molar-refractivity contribution in [2.24, 2.45) is 5.41 Å². The van der Waals surface area contributed by atoms with Gasteiger partial charge in [0, 0.05) is 17.0 Å². The maximum atomic E-state index is 13.3. The van der Waals surface area contributed by atoms with Crippen molar-refractivity contribution < 1.29 is 9.59 Å². The van der Waals surface area contributed by atoms with Crippen LogP contribution in [-0.4, -0.2) is 17.7 Å². The SMILES string of the molecule is CCCC(CCCC(=O)C(NC(=O)c1cccc2ccccc12)C(C)(C)C)c1ccc(Cl)cc1. The van der Waals surface area contributed by atoms with E-state index in [1.807, 2.05) is 75.4 Å². The van der Waals surface area contributed by atoms with Crippen molar-refractivity contribution in [1.29, 1.82) is 0 Å². The summed E-state index contributed by atoms with van der Waals surface area (Å²) >= 11 is 6.06. The molecule has 2 unspecified atom stereocenters. The fraction of sp³-hybridized carbons (Fsp3) is 0.400. The monoisotopic (exact) mass is 477 g/mol. The molecule has 4 heteroatoms. The number of ketones is 1. The van der Waals surface area contributed by atoms with Gasteiger partial charge in [-0.1, -0.05) is 94.2 Å². The highest BCUT2D eigenvalue weighted by molar-refractivity contribution is 6.30. The molecule has 0 heterocycles. The second-order valence-electron chi connectivity index (χ2n) is 10.2. The van der Waals surface area contributed by atoms with Crippen molar-refractivity contribution in [2.75, 3.05) is 0 Å². The molecule has 34 heavy (non-hydrogen) atoms. The largest absolute Gasteiger partial charge is 0.342 e. The van der Waals surface area contributed by atoms with Crippen LogP contribution < -0.4 is 5.32 Å². The van der Waals surface area contributed by atoms with E-state index in [0.29, 0.717) is 17.9 Å². The van der Waals surface area contributed by atoms with Gasteiger partial charge >= 0.3 is 0 Å². The summed E-state index contributed by atoms with van der Waals surface area (Å²) in [6, 6.07) is 21.0. The third-order valence-corrected chi connectivity index (χ3v) is 6.70. The van der Waals surface area contributed by atoms with Gasteiger partial charge in [0.05, 0.1) is 6.04 Å². The molecule has 0 radical (unpaired) electrons. The van der Waals surface area contributed by atoms with E-state index in [1.54, 1.807) is 0 Å². The third kappa shape index (κ3) is 6.70. The normalized spacial score (nSPS) is 13.4. The molecule has 3 aromatic rings. The lowest BCUT2D eigenvalue weighted by Crippen LogP contribution is -2.49. The van der Waals surface area contributed by atoms with Crippen molar-refractivity contribution in [1.82, 2.24) is 5.32 Å². The van der Waals surface area contributed by atoms with Gasteiger partial charge in [-0.15, -0.1) is 0 Å². The van der Waals surface area contributed by atoms with Gasteiger partial charge in [-0.25, -0.2) is 0 Å². The van der Waals surface area contributed by atoms with Crippen LogP contribution in [0.25, 0.3) is 10.8 Å². The van der Waals surface area contributed by atoms with Crippen molar-refractivity contribution in [3.8, 4) is 0 Å². The van der Waals surface area contributed by atoms with Crippen LogP contribution in [0.5, 0.6) is 0 Å². The Labute approximate surface area is 208 Å². The Balaban J connectivity index is 1.68. The first-order valence-corrected chi connectivity index (χ1v) is 12.6. The zero-order valence-corrected chi connectivity index (χ0v) is 21.5. The number of carbonyl (C=O) groups is 2. The smallest absolute Gasteiger partial charge is 0.252 e. The van der Waals surface area contributed by atoms with Gasteiger partial charge in [0.1, 0.15) is 0 Å². The first-order valence-electron chi connectivity index (χ1n) is 12.3. The number of amides is 1. The second-order valence-corrected chi connectivity index (χ2v) is 10.6. The summed E-state index contributed by atoms with van der Waals surface area (Å²) in [7, 11) is 0. The minimum absolute atomic E-state index is 0.0902. The number of Topliss-reactive ketones (excluding diaryl/α,β-unsaturated/α-hetero) is 1. The average molecular weight is 478 g/mol. The van der Waals surface area contributed by atoms with Gasteiger partial charge in [-0.05, 0) is 65.1 Å². The van der Waals surface area contributed by atoms with Crippen LogP contribution in [0.1, 0.15) is 81.6 Å². The van der Waals surface area contributed by atoms with Crippen LogP contribution in [0.3, 0.4) is 0 Å². The molecule has 0 aliphatic heterocycles. The molecule has 3 rings (SSSR count). The Kier molecular flexibility index (Phi) is 8.90. The minimum atomic E-state index is -0.542. The molecule has 3 nitrogen and oxygen atoms in total. The van der Waals surface area contributed by atoms with Crippen molar-refractivity contribution in [2.45, 2.75) is 71.8 Å². The Morgan fingerprint density at radius 3 is 2.26 bits per heavy atom. The van der Waals surface area contributed by atoms with Gasteiger partial charge in [0.25, 0.3) is 5.91 Å². The van der Waals surface area contributed by atoms with Crippen molar-refractivity contribution >= 4 is 34.1 Å². The number of hydrogen-bond donors (Lipinski definition) is 1. The standard InChI is InChI=1S/C30H36ClNO2/c1-5-10-21(22-17-19-24(31)20-18-22)12-9-16-27(33)28(30(2,3)4)32-29(34)26-15-8-13-23-11-6-7-14-25(23)26/h6-8,11,13-15,17-21,28H,5,9-10,12,16H2,1-4H3,(H,32,34). The maximum Gasteiger partial charge on any atom is 0.252 e. The first-order chi connectivity index (χ1) is 16.2. The van der Waals surface area contributed by atoms with E-state index in [4.69, 9.17) is 11.6 Å². The topological polar surface area (TPSA) is 46.2 Å². The molecule has 0 aliphatic rings. The molecule has 0 aromatic heterocycles. The molecule has 1 N–H and O–H groups in total. The van der Waals surface area contributed by atoms with Crippen molar-refractivity contribution in [3.63, 3.8) is 0 Å². The lowest BCUT2D eigenvalue weighted by Gasteiger charge is -2.30. The number of benzene rings is 3. The van der Waals surface area contributed by atoms with Gasteiger partial charge in [-0.3, -0.25) is 9.59 Å². The molecule has 1 amide bonds. The van der Waals surface area contributed by atoms with E-state index in [-0.39, 0.29) is 17.1 Å². The van der Waals surface area contributed by atoms with Gasteiger partial charge in [0.2, 0.25) is 0 Å². The van der Waals surface area contributed by atoms with E-state index in [9.17, 15) is 9.59 Å². The van der Waals surface area contributed by atoms with Gasteiger partial charge in [0.15, 0.2) is 5.78 Å². The maximum absolute atomic E-state index is 13.3. The molecule has 0 saturated carbocycles. The Bertz CT molecular complexity index is 1110. The zero-order valence-electron chi connectivity index (χ0n) is 20.7. The molecular weight excluding hydrogens is 442 g/mol. The summed E-state index contributed by atoms with van der Waals surface area (Å²) in [6.07, 6.45) is 4.35. The lowest BCUT2D eigenvalue weighted by molar-refractivity contribution is -0.123. The fourth-order valence-electron chi connectivity index (χ4n) is 4.64. The van der Waals surface area contributed by atoms with Crippen LogP contribution in [-0.2, 0) is 4.79 Å². The highest BCUT2D eigenvalue weighted by Crippen LogP contribution is 2.29. The van der Waals surface area contributed by atoms with E-state index in [0.717, 1.165) is 41.5 Å². The van der Waals surface area contributed by atoms with Gasteiger partial charge in [-0.2, -0.15) is 0 Å². The van der Waals surface area contributed by atoms with Crippen LogP contribution in [0.2, 0.25) is 5.02 Å². The van der Waals surface area contributed by atoms with E-state index >= 15 is 0 Å². The molecule has 3 aromatic carbocycles. The molecular formula is C30H36ClNO2. The fourth-order valence-corrected chi connectivity index (χ4v) is 4.77. The average Bonchev–Trinajstić information content (AvgIpc) is 2.81. The van der Waals surface area contributed by atoms with E-state index in [2.05, 4.69) is 24.4 Å². The van der Waals surface area contributed by atoms with Crippen LogP contribution >= 0.6 is 11.6 Å². The summed E-state index contributed by atoms with van der Waals surface area (Å²) in [4.78, 5) is 26.5. The number of hydrogen-bond acceptors (Lipinski definition) is 2. The lowest BCUT2D eigenvalue weighted by atomic mass is 9.81. The molecule has 2 atom stereocenters. The molecule has 0 aliphatic carbocycles. The quantitative estimate of drug-likeness (QED) is 0.322. The third-order valence-electron chi connectivity index (χ3n) is 6.45. The summed E-state index contributed by atoms with van der Waals surface area (Å²) in [5, 5.41) is 5.71. The van der Waals surface area contributed by atoms with Crippen molar-refractivity contribution in [3.05, 3.63) is 82.9 Å². The van der Waals surface area contributed by atoms with E-state index in [1.165, 1.54) is 5.56 Å². The Morgan fingerprint density at radius 1 is 0.912 bits per heavy atom. The van der Waals surface area contributed by atoms with Gasteiger partial charge < -0.3 is 5.32 Å².